The molecule has 13 rings (SSSR count). The summed E-state index contributed by atoms with van der Waals surface area (Å²) in [6, 6.07) is 73.5. The van der Waals surface area contributed by atoms with Gasteiger partial charge in [0, 0.05) is 33.9 Å². The first kappa shape index (κ1) is 53.0. The monoisotopic (exact) mass is 1060 g/mol. The fourth-order valence-corrected chi connectivity index (χ4v) is 14.9. The maximum absolute atomic E-state index is 2.63. The molecule has 9 aromatic rings. The fraction of sp³-hybridized carbons (Fsp3) is 0.308. The Morgan fingerprint density at radius 1 is 0.309 bits per heavy atom. The van der Waals surface area contributed by atoms with E-state index < -0.39 is 0 Å². The van der Waals surface area contributed by atoms with Crippen LogP contribution in [0.3, 0.4) is 0 Å². The van der Waals surface area contributed by atoms with Crippen molar-refractivity contribution in [3.63, 3.8) is 0 Å². The van der Waals surface area contributed by atoms with Gasteiger partial charge in [-0.2, -0.15) is 0 Å². The van der Waals surface area contributed by atoms with Gasteiger partial charge in [-0.15, -0.1) is 0 Å². The Morgan fingerprint density at radius 2 is 0.630 bits per heavy atom. The van der Waals surface area contributed by atoms with Gasteiger partial charge in [0.25, 0.3) is 6.71 Å². The van der Waals surface area contributed by atoms with Crippen LogP contribution in [-0.4, -0.2) is 6.71 Å². The molecular formula is C78H81BN2. The zero-order valence-corrected chi connectivity index (χ0v) is 50.7. The summed E-state index contributed by atoms with van der Waals surface area (Å²) >= 11 is 0. The first-order valence-corrected chi connectivity index (χ1v) is 30.1. The van der Waals surface area contributed by atoms with Crippen LogP contribution in [0, 0.1) is 0 Å². The van der Waals surface area contributed by atoms with Crippen LogP contribution in [0.25, 0.3) is 44.5 Å². The Kier molecular flexibility index (Phi) is 12.2. The number of benzene rings is 9. The molecule has 0 amide bonds. The number of anilines is 6. The fourth-order valence-electron chi connectivity index (χ4n) is 14.9. The normalized spacial score (nSPS) is 17.1. The minimum absolute atomic E-state index is 0.0550. The molecule has 4 aliphatic rings. The smallest absolute Gasteiger partial charge is 0.252 e. The summed E-state index contributed by atoms with van der Waals surface area (Å²) < 4.78 is 0. The first-order chi connectivity index (χ1) is 38.4. The lowest BCUT2D eigenvalue weighted by Gasteiger charge is -2.45. The van der Waals surface area contributed by atoms with E-state index in [1.165, 1.54) is 154 Å². The van der Waals surface area contributed by atoms with Crippen LogP contribution in [0.5, 0.6) is 0 Å². The molecule has 0 bridgehead atoms. The van der Waals surface area contributed by atoms with Crippen molar-refractivity contribution in [2.45, 2.75) is 155 Å². The third-order valence-corrected chi connectivity index (χ3v) is 19.7. The Morgan fingerprint density at radius 3 is 1.02 bits per heavy atom. The van der Waals surface area contributed by atoms with Gasteiger partial charge < -0.3 is 9.80 Å². The van der Waals surface area contributed by atoms with E-state index in [1.807, 2.05) is 0 Å². The van der Waals surface area contributed by atoms with E-state index >= 15 is 0 Å². The molecule has 0 unspecified atom stereocenters. The molecule has 9 aromatic carbocycles. The molecular weight excluding hydrogens is 976 g/mol. The van der Waals surface area contributed by atoms with Gasteiger partial charge in [-0.3, -0.25) is 0 Å². The topological polar surface area (TPSA) is 6.48 Å². The molecule has 0 aromatic heterocycles. The summed E-state index contributed by atoms with van der Waals surface area (Å²) in [6.45, 7) is 33.5. The average molecular weight is 1060 g/mol. The lowest BCUT2D eigenvalue weighted by Crippen LogP contribution is -2.61. The lowest BCUT2D eigenvalue weighted by atomic mass is 9.33. The molecule has 0 fully saturated rings. The number of fused-ring (bicyclic) bond motifs is 6. The Hall–Kier alpha value is -7.36. The third kappa shape index (κ3) is 8.66. The third-order valence-electron chi connectivity index (χ3n) is 19.7. The second-order valence-corrected chi connectivity index (χ2v) is 29.0. The van der Waals surface area contributed by atoms with E-state index in [-0.39, 0.29) is 39.2 Å². The lowest BCUT2D eigenvalue weighted by molar-refractivity contribution is 0.332. The van der Waals surface area contributed by atoms with E-state index in [0.29, 0.717) is 0 Å². The second kappa shape index (κ2) is 18.6. The molecule has 0 N–H and O–H groups in total. The molecule has 3 heteroatoms. The van der Waals surface area contributed by atoms with E-state index in [1.54, 1.807) is 0 Å². The predicted octanol–water partition coefficient (Wildman–Crippen LogP) is 19.7. The number of nitrogens with zero attached hydrogens (tertiary/aromatic N) is 2. The minimum atomic E-state index is -0.0879. The number of rotatable bonds is 6. The molecule has 81 heavy (non-hydrogen) atoms. The van der Waals surface area contributed by atoms with Crippen LogP contribution in [0.4, 0.5) is 34.1 Å². The summed E-state index contributed by atoms with van der Waals surface area (Å²) in [5, 5.41) is 0. The van der Waals surface area contributed by atoms with Crippen molar-refractivity contribution in [3.8, 4) is 44.5 Å². The maximum Gasteiger partial charge on any atom is 0.252 e. The van der Waals surface area contributed by atoms with Gasteiger partial charge in [0.15, 0.2) is 0 Å². The van der Waals surface area contributed by atoms with E-state index in [0.717, 1.165) is 0 Å². The molecule has 406 valence electrons. The van der Waals surface area contributed by atoms with Crippen molar-refractivity contribution in [1.29, 1.82) is 0 Å². The van der Waals surface area contributed by atoms with Crippen molar-refractivity contribution in [3.05, 3.63) is 221 Å². The average Bonchev–Trinajstić information content (AvgIpc) is 3.47. The molecule has 2 heterocycles. The van der Waals surface area contributed by atoms with Crippen LogP contribution in [0.1, 0.15) is 156 Å². The van der Waals surface area contributed by atoms with Crippen LogP contribution in [0.2, 0.25) is 0 Å². The largest absolute Gasteiger partial charge is 0.311 e. The van der Waals surface area contributed by atoms with Crippen molar-refractivity contribution in [1.82, 2.24) is 0 Å². The number of hydrogen-bond acceptors (Lipinski definition) is 2. The quantitative estimate of drug-likeness (QED) is 0.153. The highest BCUT2D eigenvalue weighted by molar-refractivity contribution is 7.00. The first-order valence-electron chi connectivity index (χ1n) is 30.1. The van der Waals surface area contributed by atoms with Crippen LogP contribution in [-0.2, 0) is 32.5 Å². The van der Waals surface area contributed by atoms with Gasteiger partial charge in [0.1, 0.15) is 0 Å². The molecule has 0 radical (unpaired) electrons. The molecule has 0 saturated carbocycles. The molecule has 2 nitrogen and oxygen atoms in total. The molecule has 0 saturated heterocycles. The SMILES string of the molecule is CC(C)(C)c1ccccc1-c1ccc2c(c1)B1c3cc(-c4ccccc4C(C)(C)C)ccc3N(c3ccccc3-c3ccc4c(c3)C(C)(C)CCC4(C)C)c3cccc(c31)N2c1ccccc1-c1ccc2c(c1)C(C)(C)CCC2(C)C. The van der Waals surface area contributed by atoms with E-state index in [2.05, 4.69) is 295 Å². The zero-order chi connectivity index (χ0) is 56.8. The molecule has 0 spiro atoms. The number of para-hydroxylation sites is 2. The Bertz CT molecular complexity index is 3750. The van der Waals surface area contributed by atoms with E-state index in [4.69, 9.17) is 0 Å². The summed E-state index contributed by atoms with van der Waals surface area (Å²) in [4.78, 5) is 5.27. The van der Waals surface area contributed by atoms with Gasteiger partial charge in [-0.25, -0.2) is 0 Å². The second-order valence-electron chi connectivity index (χ2n) is 29.0. The van der Waals surface area contributed by atoms with Crippen LogP contribution < -0.4 is 26.2 Å². The van der Waals surface area contributed by atoms with Gasteiger partial charge in [-0.1, -0.05) is 249 Å². The van der Waals surface area contributed by atoms with Gasteiger partial charge >= 0.3 is 0 Å². The zero-order valence-electron chi connectivity index (χ0n) is 50.7. The van der Waals surface area contributed by atoms with Crippen molar-refractivity contribution in [2.75, 3.05) is 9.80 Å². The number of hydrogen-bond donors (Lipinski definition) is 0. The summed E-state index contributed by atoms with van der Waals surface area (Å²) in [5.41, 5.74) is 30.2. The summed E-state index contributed by atoms with van der Waals surface area (Å²) in [5.74, 6) is 0. The minimum Gasteiger partial charge on any atom is -0.311 e. The van der Waals surface area contributed by atoms with Crippen molar-refractivity contribution >= 4 is 57.2 Å². The molecule has 0 atom stereocenters. The molecule has 2 aliphatic carbocycles. The maximum atomic E-state index is 2.63. The summed E-state index contributed by atoms with van der Waals surface area (Å²) in [7, 11) is 0. The highest BCUT2D eigenvalue weighted by Gasteiger charge is 2.45. The predicted molar refractivity (Wildman–Crippen MR) is 350 cm³/mol. The Labute approximate surface area is 485 Å². The summed E-state index contributed by atoms with van der Waals surface area (Å²) in [6.07, 6.45) is 4.72. The standard InChI is InChI=1S/C78H81BN2/c1-73(2,3)58-28-19-15-24-54(58)52-36-40-68-64(48-52)79-65-49-53(55-25-16-20-29-59(55)74(4,5)6)37-41-69(65)81(67-31-22-18-27-57(67)51-35-39-61-63(47-51)78(13,14)45-43-76(61,9)10)71-33-23-32-70(72(71)79)80(68)66-30-21-17-26-56(66)50-34-38-60-62(46-50)77(11,12)44-42-75(60,7)8/h15-41,46-49H,42-45H2,1-14H3. The van der Waals surface area contributed by atoms with Crippen LogP contribution in [0.15, 0.2) is 188 Å². The highest BCUT2D eigenvalue weighted by atomic mass is 15.2. The molecule has 2 aliphatic heterocycles. The van der Waals surface area contributed by atoms with Crippen molar-refractivity contribution < 1.29 is 0 Å². The van der Waals surface area contributed by atoms with E-state index in [9.17, 15) is 0 Å². The highest BCUT2D eigenvalue weighted by Crippen LogP contribution is 2.53. The van der Waals surface area contributed by atoms with Gasteiger partial charge in [-0.05, 0) is 178 Å². The van der Waals surface area contributed by atoms with Crippen LogP contribution >= 0.6 is 0 Å². The van der Waals surface area contributed by atoms with Gasteiger partial charge in [0.2, 0.25) is 0 Å². The Balaban J connectivity index is 1.11. The van der Waals surface area contributed by atoms with Gasteiger partial charge in [0.05, 0.1) is 11.4 Å². The van der Waals surface area contributed by atoms with Crippen molar-refractivity contribution in [2.24, 2.45) is 0 Å².